The molecule has 0 aromatic heterocycles. The van der Waals surface area contributed by atoms with Crippen LogP contribution in [-0.2, 0) is 13.6 Å². The first kappa shape index (κ1) is 10.2. The van der Waals surface area contributed by atoms with Crippen LogP contribution in [0, 0.1) is 5.92 Å². The van der Waals surface area contributed by atoms with Gasteiger partial charge in [-0.1, -0.05) is 12.8 Å². The van der Waals surface area contributed by atoms with Crippen LogP contribution in [0.2, 0.25) is 0 Å². The maximum absolute atomic E-state index is 10.9. The van der Waals surface area contributed by atoms with Crippen molar-refractivity contribution in [1.29, 1.82) is 0 Å². The lowest BCUT2D eigenvalue weighted by molar-refractivity contribution is 0.151. The van der Waals surface area contributed by atoms with Gasteiger partial charge in [0.2, 0.25) is 0 Å². The molecule has 1 fully saturated rings. The number of phosphoric ester groups is 1. The molecule has 1 unspecified atom stereocenters. The summed E-state index contributed by atoms with van der Waals surface area (Å²) in [6.07, 6.45) is 4.61. The molecule has 1 aliphatic rings. The molecule has 0 amide bonds. The highest BCUT2D eigenvalue weighted by Crippen LogP contribution is 2.43. The average molecular weight is 194 g/mol. The summed E-state index contributed by atoms with van der Waals surface area (Å²) in [5, 5.41) is 0. The highest BCUT2D eigenvalue weighted by Gasteiger charge is 2.22. The lowest BCUT2D eigenvalue weighted by atomic mass is 10.1. The first-order valence-corrected chi connectivity index (χ1v) is 5.66. The summed E-state index contributed by atoms with van der Waals surface area (Å²) in [7, 11) is -2.55. The molecule has 0 aliphatic heterocycles. The zero-order chi connectivity index (χ0) is 9.03. The van der Waals surface area contributed by atoms with Crippen molar-refractivity contribution in [2.45, 2.75) is 25.7 Å². The largest absolute Gasteiger partial charge is 0.471 e. The van der Waals surface area contributed by atoms with Crippen molar-refractivity contribution >= 4 is 7.82 Å². The van der Waals surface area contributed by atoms with Gasteiger partial charge in [-0.15, -0.1) is 0 Å². The molecule has 1 rings (SSSR count). The quantitative estimate of drug-likeness (QED) is 0.695. The van der Waals surface area contributed by atoms with Crippen molar-refractivity contribution in [3.63, 3.8) is 0 Å². The van der Waals surface area contributed by atoms with E-state index in [9.17, 15) is 4.57 Å². The Bertz CT molecular complexity index is 176. The molecule has 0 spiro atoms. The molecule has 0 aromatic rings. The summed E-state index contributed by atoms with van der Waals surface area (Å²) in [5.41, 5.74) is 0. The molecular formula is C7H15O4P. The summed E-state index contributed by atoms with van der Waals surface area (Å²) < 4.78 is 19.9. The van der Waals surface area contributed by atoms with E-state index >= 15 is 0 Å². The van der Waals surface area contributed by atoms with E-state index in [1.807, 2.05) is 0 Å². The predicted octanol–water partition coefficient (Wildman–Crippen LogP) is 1.94. The Kier molecular flexibility index (Phi) is 3.72. The minimum Gasteiger partial charge on any atom is -0.303 e. The maximum atomic E-state index is 10.9. The van der Waals surface area contributed by atoms with Crippen LogP contribution in [0.25, 0.3) is 0 Å². The molecule has 0 saturated heterocycles. The van der Waals surface area contributed by atoms with Gasteiger partial charge >= 0.3 is 7.82 Å². The van der Waals surface area contributed by atoms with E-state index in [-0.39, 0.29) is 0 Å². The number of hydrogen-bond donors (Lipinski definition) is 1. The fraction of sp³-hybridized carbons (Fsp3) is 1.00. The zero-order valence-corrected chi connectivity index (χ0v) is 8.13. The Morgan fingerprint density at radius 2 is 2.08 bits per heavy atom. The van der Waals surface area contributed by atoms with Crippen LogP contribution in [0.1, 0.15) is 25.7 Å². The van der Waals surface area contributed by atoms with E-state index in [1.165, 1.54) is 20.0 Å². The van der Waals surface area contributed by atoms with Crippen LogP contribution in [-0.4, -0.2) is 18.6 Å². The lowest BCUT2D eigenvalue weighted by Gasteiger charge is -2.12. The summed E-state index contributed by atoms with van der Waals surface area (Å²) >= 11 is 0. The molecule has 1 aliphatic carbocycles. The van der Waals surface area contributed by atoms with Crippen molar-refractivity contribution in [3.8, 4) is 0 Å². The molecule has 0 radical (unpaired) electrons. The van der Waals surface area contributed by atoms with Crippen LogP contribution < -0.4 is 0 Å². The third kappa shape index (κ3) is 3.23. The number of hydrogen-bond acceptors (Lipinski definition) is 3. The van der Waals surface area contributed by atoms with Crippen molar-refractivity contribution < 1.29 is 18.5 Å². The van der Waals surface area contributed by atoms with Gasteiger partial charge < -0.3 is 4.89 Å². The Labute approximate surface area is 72.5 Å². The van der Waals surface area contributed by atoms with Gasteiger partial charge in [-0.2, -0.15) is 0 Å². The van der Waals surface area contributed by atoms with Crippen LogP contribution in [0.15, 0.2) is 0 Å². The van der Waals surface area contributed by atoms with Gasteiger partial charge in [0.25, 0.3) is 0 Å². The smallest absolute Gasteiger partial charge is 0.303 e. The van der Waals surface area contributed by atoms with Crippen LogP contribution >= 0.6 is 7.82 Å². The summed E-state index contributed by atoms with van der Waals surface area (Å²) in [6.45, 7) is 0.349. The second kappa shape index (κ2) is 4.38. The predicted molar refractivity (Wildman–Crippen MR) is 44.7 cm³/mol. The summed E-state index contributed by atoms with van der Waals surface area (Å²) in [5.74, 6) is 0.445. The molecule has 1 atom stereocenters. The van der Waals surface area contributed by atoms with Crippen molar-refractivity contribution in [2.75, 3.05) is 13.7 Å². The normalized spacial score (nSPS) is 24.2. The highest BCUT2D eigenvalue weighted by atomic mass is 31.2. The third-order valence-electron chi connectivity index (χ3n) is 2.18. The molecular weight excluding hydrogens is 179 g/mol. The van der Waals surface area contributed by atoms with Gasteiger partial charge in [0.05, 0.1) is 6.61 Å². The molecule has 1 N–H and O–H groups in total. The molecule has 72 valence electrons. The van der Waals surface area contributed by atoms with E-state index < -0.39 is 7.82 Å². The van der Waals surface area contributed by atoms with Crippen molar-refractivity contribution in [3.05, 3.63) is 0 Å². The van der Waals surface area contributed by atoms with Gasteiger partial charge in [0.15, 0.2) is 0 Å². The minimum atomic E-state index is -3.73. The zero-order valence-electron chi connectivity index (χ0n) is 7.23. The Hall–Kier alpha value is 0.110. The van der Waals surface area contributed by atoms with Gasteiger partial charge in [-0.05, 0) is 18.8 Å². The SMILES string of the molecule is COP(=O)(O)OCC1CCCC1. The molecule has 4 nitrogen and oxygen atoms in total. The standard InChI is InChI=1S/C7H15O4P/c1-10-12(8,9)11-6-7-4-2-3-5-7/h7H,2-6H2,1H3,(H,8,9). The summed E-state index contributed by atoms with van der Waals surface area (Å²) in [4.78, 5) is 8.89. The van der Waals surface area contributed by atoms with Crippen molar-refractivity contribution in [1.82, 2.24) is 0 Å². The molecule has 1 saturated carbocycles. The maximum Gasteiger partial charge on any atom is 0.471 e. The third-order valence-corrected chi connectivity index (χ3v) is 3.12. The first-order valence-electron chi connectivity index (χ1n) is 4.17. The Morgan fingerprint density at radius 1 is 1.50 bits per heavy atom. The molecule has 5 heteroatoms. The van der Waals surface area contributed by atoms with E-state index in [1.54, 1.807) is 0 Å². The van der Waals surface area contributed by atoms with Gasteiger partial charge in [-0.3, -0.25) is 9.05 Å². The average Bonchev–Trinajstić information content (AvgIpc) is 2.53. The Balaban J connectivity index is 2.20. The van der Waals surface area contributed by atoms with Crippen molar-refractivity contribution in [2.24, 2.45) is 5.92 Å². The molecule has 0 heterocycles. The fourth-order valence-electron chi connectivity index (χ4n) is 1.43. The van der Waals surface area contributed by atoms with E-state index in [4.69, 9.17) is 9.42 Å². The topological polar surface area (TPSA) is 55.8 Å². The molecule has 0 bridgehead atoms. The van der Waals surface area contributed by atoms with Crippen LogP contribution in [0.3, 0.4) is 0 Å². The number of rotatable bonds is 4. The van der Waals surface area contributed by atoms with Gasteiger partial charge in [0, 0.05) is 7.11 Å². The fourth-order valence-corrected chi connectivity index (χ4v) is 1.93. The van der Waals surface area contributed by atoms with Gasteiger partial charge in [0.1, 0.15) is 0 Å². The second-order valence-electron chi connectivity index (χ2n) is 3.10. The monoisotopic (exact) mass is 194 g/mol. The van der Waals surface area contributed by atoms with E-state index in [0.29, 0.717) is 12.5 Å². The van der Waals surface area contributed by atoms with Crippen LogP contribution in [0.4, 0.5) is 0 Å². The highest BCUT2D eigenvalue weighted by molar-refractivity contribution is 7.47. The first-order chi connectivity index (χ1) is 5.64. The van der Waals surface area contributed by atoms with Crippen LogP contribution in [0.5, 0.6) is 0 Å². The molecule has 12 heavy (non-hydrogen) atoms. The summed E-state index contributed by atoms with van der Waals surface area (Å²) in [6, 6.07) is 0. The number of phosphoric acid groups is 1. The van der Waals surface area contributed by atoms with Gasteiger partial charge in [-0.25, -0.2) is 4.57 Å². The molecule has 0 aromatic carbocycles. The lowest BCUT2D eigenvalue weighted by Crippen LogP contribution is -2.04. The minimum absolute atomic E-state index is 0.349. The second-order valence-corrected chi connectivity index (χ2v) is 4.66. The van der Waals surface area contributed by atoms with E-state index in [0.717, 1.165) is 12.8 Å². The Morgan fingerprint density at radius 3 is 2.58 bits per heavy atom. The van der Waals surface area contributed by atoms with E-state index in [2.05, 4.69) is 4.52 Å².